The van der Waals surface area contributed by atoms with Gasteiger partial charge in [-0.1, -0.05) is 51.4 Å². The Balaban J connectivity index is 1.42. The van der Waals surface area contributed by atoms with Gasteiger partial charge in [0.15, 0.2) is 6.61 Å². The molecule has 1 amide bonds. The summed E-state index contributed by atoms with van der Waals surface area (Å²) in [5.41, 5.74) is 2.46. The number of aryl methyl sites for hydroxylation is 2. The topological polar surface area (TPSA) is 94.3 Å². The van der Waals surface area contributed by atoms with Gasteiger partial charge in [0.25, 0.3) is 5.91 Å². The minimum atomic E-state index is -0.512. The smallest absolute Gasteiger partial charge is 0.306 e. The summed E-state index contributed by atoms with van der Waals surface area (Å²) in [6, 6.07) is 14.8. The lowest BCUT2D eigenvalue weighted by molar-refractivity contribution is -0.147. The first-order valence-corrected chi connectivity index (χ1v) is 9.40. The Hall–Kier alpha value is -3.00. The van der Waals surface area contributed by atoms with Crippen LogP contribution in [0.1, 0.15) is 17.9 Å². The highest BCUT2D eigenvalue weighted by atomic mass is 79.9. The minimum absolute atomic E-state index is 0.0428. The molecule has 0 aliphatic rings. The zero-order chi connectivity index (χ0) is 19.9. The number of amides is 1. The minimum Gasteiger partial charge on any atom is -0.456 e. The summed E-state index contributed by atoms with van der Waals surface area (Å²) in [7, 11) is 0. The number of hydrogen-bond acceptors (Lipinski definition) is 6. The molecule has 0 aliphatic carbocycles. The molecule has 0 atom stereocenters. The van der Waals surface area contributed by atoms with Crippen LogP contribution in [0.5, 0.6) is 0 Å². The van der Waals surface area contributed by atoms with Crippen LogP contribution >= 0.6 is 15.9 Å². The third-order valence-corrected chi connectivity index (χ3v) is 4.74. The Morgan fingerprint density at radius 1 is 1.18 bits per heavy atom. The lowest BCUT2D eigenvalue weighted by atomic mass is 10.2. The SMILES string of the molecule is Cc1cc(NC(=O)COC(=O)CCc2nc(-c3ccccc3)no2)ccc1Br. The summed E-state index contributed by atoms with van der Waals surface area (Å²) in [4.78, 5) is 28.0. The van der Waals surface area contributed by atoms with Gasteiger partial charge in [-0.15, -0.1) is 0 Å². The quantitative estimate of drug-likeness (QED) is 0.556. The van der Waals surface area contributed by atoms with E-state index < -0.39 is 11.9 Å². The van der Waals surface area contributed by atoms with Gasteiger partial charge in [-0.2, -0.15) is 4.98 Å². The monoisotopic (exact) mass is 443 g/mol. The van der Waals surface area contributed by atoms with Crippen LogP contribution in [0.3, 0.4) is 0 Å². The van der Waals surface area contributed by atoms with E-state index in [0.29, 0.717) is 17.4 Å². The molecule has 0 bridgehead atoms. The predicted octanol–water partition coefficient (Wildman–Crippen LogP) is 3.92. The van der Waals surface area contributed by atoms with E-state index in [1.165, 1.54) is 0 Å². The molecule has 7 nitrogen and oxygen atoms in total. The zero-order valence-corrected chi connectivity index (χ0v) is 16.7. The van der Waals surface area contributed by atoms with Crippen LogP contribution in [-0.4, -0.2) is 28.6 Å². The Morgan fingerprint density at radius 3 is 2.71 bits per heavy atom. The summed E-state index contributed by atoms with van der Waals surface area (Å²) in [5.74, 6) is -0.112. The van der Waals surface area contributed by atoms with Gasteiger partial charge >= 0.3 is 5.97 Å². The molecule has 28 heavy (non-hydrogen) atoms. The standard InChI is InChI=1S/C20H18BrN3O4/c1-13-11-15(7-8-16(13)21)22-17(25)12-27-19(26)10-9-18-23-20(24-28-18)14-5-3-2-4-6-14/h2-8,11H,9-10,12H2,1H3,(H,22,25). The third kappa shape index (κ3) is 5.50. The van der Waals surface area contributed by atoms with Crippen LogP contribution in [0.4, 0.5) is 5.69 Å². The second kappa shape index (κ2) is 9.27. The molecule has 144 valence electrons. The van der Waals surface area contributed by atoms with Crippen molar-refractivity contribution < 1.29 is 18.8 Å². The van der Waals surface area contributed by atoms with Crippen molar-refractivity contribution in [2.45, 2.75) is 19.8 Å². The van der Waals surface area contributed by atoms with E-state index >= 15 is 0 Å². The van der Waals surface area contributed by atoms with Crippen molar-refractivity contribution in [1.82, 2.24) is 10.1 Å². The first kappa shape index (κ1) is 19.8. The van der Waals surface area contributed by atoms with Gasteiger partial charge < -0.3 is 14.6 Å². The molecule has 1 aromatic heterocycles. The van der Waals surface area contributed by atoms with Gasteiger partial charge in [0.1, 0.15) is 0 Å². The molecule has 0 fully saturated rings. The van der Waals surface area contributed by atoms with Gasteiger partial charge in [-0.3, -0.25) is 9.59 Å². The van der Waals surface area contributed by atoms with Crippen molar-refractivity contribution in [1.29, 1.82) is 0 Å². The van der Waals surface area contributed by atoms with Gasteiger partial charge in [0.2, 0.25) is 11.7 Å². The highest BCUT2D eigenvalue weighted by Gasteiger charge is 2.13. The molecular weight excluding hydrogens is 426 g/mol. The van der Waals surface area contributed by atoms with Crippen molar-refractivity contribution in [2.24, 2.45) is 0 Å². The molecule has 1 N–H and O–H groups in total. The van der Waals surface area contributed by atoms with E-state index in [0.717, 1.165) is 15.6 Å². The molecule has 3 aromatic rings. The second-order valence-electron chi connectivity index (χ2n) is 6.05. The van der Waals surface area contributed by atoms with Crippen LogP contribution < -0.4 is 5.32 Å². The summed E-state index contributed by atoms with van der Waals surface area (Å²) in [6.45, 7) is 1.56. The van der Waals surface area contributed by atoms with Crippen LogP contribution in [0.2, 0.25) is 0 Å². The summed E-state index contributed by atoms with van der Waals surface area (Å²) < 4.78 is 11.1. The Morgan fingerprint density at radius 2 is 1.96 bits per heavy atom. The number of carbonyl (C=O) groups is 2. The van der Waals surface area contributed by atoms with Crippen molar-refractivity contribution in [2.75, 3.05) is 11.9 Å². The molecule has 0 aliphatic heterocycles. The number of benzene rings is 2. The summed E-state index contributed by atoms with van der Waals surface area (Å²) in [6.07, 6.45) is 0.285. The lowest BCUT2D eigenvalue weighted by Crippen LogP contribution is -2.21. The summed E-state index contributed by atoms with van der Waals surface area (Å²) in [5, 5.41) is 6.58. The van der Waals surface area contributed by atoms with E-state index in [1.54, 1.807) is 6.07 Å². The molecule has 0 saturated carbocycles. The van der Waals surface area contributed by atoms with Crippen LogP contribution in [0, 0.1) is 6.92 Å². The van der Waals surface area contributed by atoms with E-state index in [4.69, 9.17) is 9.26 Å². The normalized spacial score (nSPS) is 10.5. The van der Waals surface area contributed by atoms with Crippen LogP contribution in [-0.2, 0) is 20.7 Å². The molecule has 3 rings (SSSR count). The molecule has 0 saturated heterocycles. The third-order valence-electron chi connectivity index (χ3n) is 3.85. The number of carbonyl (C=O) groups excluding carboxylic acids is 2. The van der Waals surface area contributed by atoms with E-state index in [2.05, 4.69) is 31.4 Å². The average Bonchev–Trinajstić information content (AvgIpc) is 3.17. The van der Waals surface area contributed by atoms with Crippen molar-refractivity contribution in [3.05, 3.63) is 64.5 Å². The number of anilines is 1. The van der Waals surface area contributed by atoms with Gasteiger partial charge in [0, 0.05) is 22.1 Å². The Labute approximate surface area is 170 Å². The number of rotatable bonds is 7. The number of aromatic nitrogens is 2. The number of ether oxygens (including phenoxy) is 1. The van der Waals surface area contributed by atoms with Crippen molar-refractivity contribution >= 4 is 33.5 Å². The Bertz CT molecular complexity index is 973. The highest BCUT2D eigenvalue weighted by molar-refractivity contribution is 9.10. The lowest BCUT2D eigenvalue weighted by Gasteiger charge is -2.07. The molecule has 0 spiro atoms. The maximum absolute atomic E-state index is 11.9. The largest absolute Gasteiger partial charge is 0.456 e. The maximum atomic E-state index is 11.9. The number of hydrogen-bond donors (Lipinski definition) is 1. The number of nitrogens with one attached hydrogen (secondary N) is 1. The van der Waals surface area contributed by atoms with Crippen LogP contribution in [0.25, 0.3) is 11.4 Å². The second-order valence-corrected chi connectivity index (χ2v) is 6.90. The Kier molecular flexibility index (Phi) is 6.54. The molecule has 2 aromatic carbocycles. The number of halogens is 1. The van der Waals surface area contributed by atoms with Gasteiger partial charge in [-0.25, -0.2) is 0 Å². The van der Waals surface area contributed by atoms with Crippen molar-refractivity contribution in [3.63, 3.8) is 0 Å². The fourth-order valence-corrected chi connectivity index (χ4v) is 2.65. The molecule has 8 heteroatoms. The predicted molar refractivity (Wildman–Crippen MR) is 107 cm³/mol. The molecule has 1 heterocycles. The zero-order valence-electron chi connectivity index (χ0n) is 15.1. The average molecular weight is 444 g/mol. The number of nitrogens with zero attached hydrogens (tertiary/aromatic N) is 2. The highest BCUT2D eigenvalue weighted by Crippen LogP contribution is 2.20. The fraction of sp³-hybridized carbons (Fsp3) is 0.200. The van der Waals surface area contributed by atoms with E-state index in [1.807, 2.05) is 49.4 Å². The summed E-state index contributed by atoms with van der Waals surface area (Å²) >= 11 is 3.40. The molecular formula is C20H18BrN3O4. The number of esters is 1. The molecule has 0 unspecified atom stereocenters. The fourth-order valence-electron chi connectivity index (χ4n) is 2.41. The van der Waals surface area contributed by atoms with Gasteiger partial charge in [-0.05, 0) is 30.7 Å². The van der Waals surface area contributed by atoms with Gasteiger partial charge in [0.05, 0.1) is 6.42 Å². The van der Waals surface area contributed by atoms with Crippen LogP contribution in [0.15, 0.2) is 57.5 Å². The van der Waals surface area contributed by atoms with E-state index in [-0.39, 0.29) is 19.4 Å². The molecule has 0 radical (unpaired) electrons. The van der Waals surface area contributed by atoms with E-state index in [9.17, 15) is 9.59 Å². The maximum Gasteiger partial charge on any atom is 0.306 e. The first-order chi connectivity index (χ1) is 13.5. The van der Waals surface area contributed by atoms with Crippen molar-refractivity contribution in [3.8, 4) is 11.4 Å². The first-order valence-electron chi connectivity index (χ1n) is 8.61.